The summed E-state index contributed by atoms with van der Waals surface area (Å²) < 4.78 is 21.4. The lowest BCUT2D eigenvalue weighted by molar-refractivity contribution is 0.336. The van der Waals surface area contributed by atoms with Gasteiger partial charge in [0.25, 0.3) is 0 Å². The van der Waals surface area contributed by atoms with Crippen molar-refractivity contribution in [3.63, 3.8) is 0 Å². The second-order valence-electron chi connectivity index (χ2n) is 4.92. The van der Waals surface area contributed by atoms with Crippen LogP contribution < -0.4 is 10.5 Å². The van der Waals surface area contributed by atoms with Crippen LogP contribution in [0.2, 0.25) is 0 Å². The van der Waals surface area contributed by atoms with Gasteiger partial charge in [0.2, 0.25) is 0 Å². The molecule has 0 saturated heterocycles. The predicted molar refractivity (Wildman–Crippen MR) is 83.0 cm³/mol. The van der Waals surface area contributed by atoms with Gasteiger partial charge in [0.15, 0.2) is 0 Å². The van der Waals surface area contributed by atoms with E-state index in [-0.39, 0.29) is 5.82 Å². The molecule has 0 spiro atoms. The van der Waals surface area contributed by atoms with Gasteiger partial charge >= 0.3 is 0 Å². The zero-order valence-electron chi connectivity index (χ0n) is 11.8. The summed E-state index contributed by atoms with van der Waals surface area (Å²) in [6.07, 6.45) is 1.88. The third-order valence-corrected chi connectivity index (χ3v) is 3.49. The van der Waals surface area contributed by atoms with E-state index in [0.717, 1.165) is 16.8 Å². The van der Waals surface area contributed by atoms with Gasteiger partial charge in [-0.15, -0.1) is 0 Å². The standard InChI is InChI=1S/C17H17FN2O/c1-2-21-17-7-6-13(19)10-12(17)11-20-9-8-14-15(18)4-3-5-16(14)20/h3-10H,2,11,19H2,1H3. The molecule has 108 valence electrons. The number of aromatic nitrogens is 1. The number of fused-ring (bicyclic) bond motifs is 1. The van der Waals surface area contributed by atoms with Crippen molar-refractivity contribution in [2.75, 3.05) is 12.3 Å². The topological polar surface area (TPSA) is 40.2 Å². The van der Waals surface area contributed by atoms with Crippen LogP contribution >= 0.6 is 0 Å². The number of benzene rings is 2. The Balaban J connectivity index is 2.02. The minimum Gasteiger partial charge on any atom is -0.494 e. The maximum Gasteiger partial charge on any atom is 0.132 e. The summed E-state index contributed by atoms with van der Waals surface area (Å²) in [4.78, 5) is 0. The lowest BCUT2D eigenvalue weighted by atomic mass is 10.1. The summed E-state index contributed by atoms with van der Waals surface area (Å²) in [7, 11) is 0. The molecule has 3 nitrogen and oxygen atoms in total. The summed E-state index contributed by atoms with van der Waals surface area (Å²) in [6, 6.07) is 12.5. The molecule has 0 saturated carbocycles. The highest BCUT2D eigenvalue weighted by atomic mass is 19.1. The highest BCUT2D eigenvalue weighted by molar-refractivity contribution is 5.80. The highest BCUT2D eigenvalue weighted by Crippen LogP contribution is 2.25. The average molecular weight is 284 g/mol. The molecule has 2 N–H and O–H groups in total. The molecule has 2 aromatic carbocycles. The van der Waals surface area contributed by atoms with Crippen LogP contribution in [0.4, 0.5) is 10.1 Å². The van der Waals surface area contributed by atoms with Gasteiger partial charge in [0.05, 0.1) is 18.7 Å². The van der Waals surface area contributed by atoms with Gasteiger partial charge in [-0.05, 0) is 43.3 Å². The van der Waals surface area contributed by atoms with E-state index in [2.05, 4.69) is 0 Å². The molecule has 1 heterocycles. The molecule has 0 unspecified atom stereocenters. The minimum atomic E-state index is -0.205. The Labute approximate surface area is 122 Å². The molecule has 0 radical (unpaired) electrons. The van der Waals surface area contributed by atoms with Crippen molar-refractivity contribution in [2.24, 2.45) is 0 Å². The van der Waals surface area contributed by atoms with E-state index in [4.69, 9.17) is 10.5 Å². The van der Waals surface area contributed by atoms with Crippen molar-refractivity contribution in [3.8, 4) is 5.75 Å². The molecular formula is C17H17FN2O. The number of ether oxygens (including phenoxy) is 1. The summed E-state index contributed by atoms with van der Waals surface area (Å²) in [6.45, 7) is 3.13. The number of hydrogen-bond acceptors (Lipinski definition) is 2. The second-order valence-corrected chi connectivity index (χ2v) is 4.92. The van der Waals surface area contributed by atoms with E-state index in [1.807, 2.05) is 42.0 Å². The first-order valence-corrected chi connectivity index (χ1v) is 6.93. The first-order chi connectivity index (χ1) is 10.2. The molecule has 1 aromatic heterocycles. The summed E-state index contributed by atoms with van der Waals surface area (Å²) in [5, 5.41) is 0.624. The molecule has 0 fully saturated rings. The molecule has 0 aliphatic carbocycles. The first kappa shape index (κ1) is 13.5. The second kappa shape index (κ2) is 5.48. The number of halogens is 1. The van der Waals surface area contributed by atoms with Crippen molar-refractivity contribution in [1.82, 2.24) is 4.57 Å². The molecule has 0 atom stereocenters. The van der Waals surface area contributed by atoms with Gasteiger partial charge in [-0.1, -0.05) is 6.07 Å². The van der Waals surface area contributed by atoms with Crippen molar-refractivity contribution < 1.29 is 9.13 Å². The zero-order chi connectivity index (χ0) is 14.8. The van der Waals surface area contributed by atoms with Gasteiger partial charge in [0.1, 0.15) is 11.6 Å². The van der Waals surface area contributed by atoms with Crippen LogP contribution in [0.1, 0.15) is 12.5 Å². The van der Waals surface area contributed by atoms with E-state index in [0.29, 0.717) is 24.2 Å². The maximum atomic E-state index is 13.7. The molecule has 3 rings (SSSR count). The van der Waals surface area contributed by atoms with Crippen LogP contribution in [0.25, 0.3) is 10.9 Å². The highest BCUT2D eigenvalue weighted by Gasteiger charge is 2.09. The zero-order valence-corrected chi connectivity index (χ0v) is 11.8. The minimum absolute atomic E-state index is 0.205. The Bertz CT molecular complexity index is 780. The largest absolute Gasteiger partial charge is 0.494 e. The Morgan fingerprint density at radius 1 is 1.19 bits per heavy atom. The number of nitrogens with two attached hydrogens (primary N) is 1. The van der Waals surface area contributed by atoms with Gasteiger partial charge in [-0.2, -0.15) is 0 Å². The summed E-state index contributed by atoms with van der Waals surface area (Å²) in [5.41, 5.74) is 8.40. The Morgan fingerprint density at radius 2 is 2.05 bits per heavy atom. The first-order valence-electron chi connectivity index (χ1n) is 6.93. The quantitative estimate of drug-likeness (QED) is 0.740. The normalized spacial score (nSPS) is 11.0. The Morgan fingerprint density at radius 3 is 2.86 bits per heavy atom. The van der Waals surface area contributed by atoms with Gasteiger partial charge in [0, 0.05) is 22.8 Å². The SMILES string of the molecule is CCOc1ccc(N)cc1Cn1ccc2c(F)cccc21. The number of rotatable bonds is 4. The van der Waals surface area contributed by atoms with Gasteiger partial charge in [-0.3, -0.25) is 0 Å². The van der Waals surface area contributed by atoms with E-state index in [1.165, 1.54) is 6.07 Å². The van der Waals surface area contributed by atoms with Crippen molar-refractivity contribution >= 4 is 16.6 Å². The number of anilines is 1. The van der Waals surface area contributed by atoms with E-state index < -0.39 is 0 Å². The predicted octanol–water partition coefficient (Wildman–Crippen LogP) is 3.81. The van der Waals surface area contributed by atoms with E-state index in [9.17, 15) is 4.39 Å². The monoisotopic (exact) mass is 284 g/mol. The fraction of sp³-hybridized carbons (Fsp3) is 0.176. The Kier molecular flexibility index (Phi) is 3.52. The van der Waals surface area contributed by atoms with Crippen LogP contribution in [0, 0.1) is 5.82 Å². The van der Waals surface area contributed by atoms with Crippen molar-refractivity contribution in [3.05, 3.63) is 60.0 Å². The Hall–Kier alpha value is -2.49. The molecule has 0 amide bonds. The molecule has 3 aromatic rings. The van der Waals surface area contributed by atoms with Crippen LogP contribution in [0.15, 0.2) is 48.7 Å². The molecule has 0 aliphatic heterocycles. The summed E-state index contributed by atoms with van der Waals surface area (Å²) >= 11 is 0. The van der Waals surface area contributed by atoms with Crippen LogP contribution in [0.5, 0.6) is 5.75 Å². The smallest absolute Gasteiger partial charge is 0.132 e. The lowest BCUT2D eigenvalue weighted by Gasteiger charge is -2.12. The maximum absolute atomic E-state index is 13.7. The van der Waals surface area contributed by atoms with Crippen molar-refractivity contribution in [2.45, 2.75) is 13.5 Å². The summed E-state index contributed by atoms with van der Waals surface area (Å²) in [5.74, 6) is 0.605. The molecular weight excluding hydrogens is 267 g/mol. The number of nitrogens with zero attached hydrogens (tertiary/aromatic N) is 1. The molecule has 4 heteroatoms. The third-order valence-electron chi connectivity index (χ3n) is 3.49. The molecule has 0 aliphatic rings. The van der Waals surface area contributed by atoms with E-state index >= 15 is 0 Å². The molecule has 0 bridgehead atoms. The average Bonchev–Trinajstić information content (AvgIpc) is 2.87. The van der Waals surface area contributed by atoms with Crippen molar-refractivity contribution in [1.29, 1.82) is 0 Å². The van der Waals surface area contributed by atoms with E-state index in [1.54, 1.807) is 12.1 Å². The molecule has 21 heavy (non-hydrogen) atoms. The van der Waals surface area contributed by atoms with Gasteiger partial charge in [-0.25, -0.2) is 4.39 Å². The van der Waals surface area contributed by atoms with Crippen LogP contribution in [0.3, 0.4) is 0 Å². The fourth-order valence-corrected chi connectivity index (χ4v) is 2.53. The van der Waals surface area contributed by atoms with Crippen LogP contribution in [-0.2, 0) is 6.54 Å². The number of hydrogen-bond donors (Lipinski definition) is 1. The fourth-order valence-electron chi connectivity index (χ4n) is 2.53. The van der Waals surface area contributed by atoms with Crippen LogP contribution in [-0.4, -0.2) is 11.2 Å². The van der Waals surface area contributed by atoms with Gasteiger partial charge < -0.3 is 15.0 Å². The number of nitrogen functional groups attached to an aromatic ring is 1. The third kappa shape index (κ3) is 2.57. The lowest BCUT2D eigenvalue weighted by Crippen LogP contribution is -2.03.